The molecule has 0 spiro atoms. The van der Waals surface area contributed by atoms with Crippen LogP contribution in [0.5, 0.6) is 0 Å². The number of alkyl halides is 3. The Balaban J connectivity index is 0.000000405. The van der Waals surface area contributed by atoms with E-state index in [1.807, 2.05) is 35.4 Å². The first-order chi connectivity index (χ1) is 17.6. The predicted molar refractivity (Wildman–Crippen MR) is 132 cm³/mol. The summed E-state index contributed by atoms with van der Waals surface area (Å²) in [5.41, 5.74) is 3.68. The lowest BCUT2D eigenvalue weighted by Crippen LogP contribution is -2.44. The maximum atomic E-state index is 13.4. The Morgan fingerprint density at radius 3 is 2.27 bits per heavy atom. The van der Waals surface area contributed by atoms with E-state index in [0.29, 0.717) is 12.1 Å². The first-order valence-corrected chi connectivity index (χ1v) is 12.5. The van der Waals surface area contributed by atoms with E-state index in [1.165, 1.54) is 25.7 Å². The summed E-state index contributed by atoms with van der Waals surface area (Å²) >= 11 is 0. The van der Waals surface area contributed by atoms with Crippen LogP contribution in [0.3, 0.4) is 0 Å². The number of rotatable bonds is 4. The highest BCUT2D eigenvalue weighted by Crippen LogP contribution is 2.31. The molecule has 2 fully saturated rings. The molecule has 0 unspecified atom stereocenters. The number of fused-ring (bicyclic) bond motifs is 1. The van der Waals surface area contributed by atoms with Crippen LogP contribution in [0.15, 0.2) is 42.7 Å². The summed E-state index contributed by atoms with van der Waals surface area (Å²) in [5, 5.41) is 12.0. The van der Waals surface area contributed by atoms with Crippen LogP contribution < -0.4 is 0 Å². The fraction of sp³-hybridized carbons (Fsp3) is 0.500. The number of carbonyl (C=O) groups excluding carboxylic acids is 1. The highest BCUT2D eigenvalue weighted by molar-refractivity contribution is 6.02. The molecule has 1 saturated carbocycles. The van der Waals surface area contributed by atoms with Gasteiger partial charge in [0.2, 0.25) is 0 Å². The Labute approximate surface area is 213 Å². The molecule has 1 aliphatic carbocycles. The number of piperidine rings is 1. The third-order valence-corrected chi connectivity index (χ3v) is 7.20. The Hall–Kier alpha value is -3.34. The number of pyridine rings is 1. The van der Waals surface area contributed by atoms with E-state index < -0.39 is 12.1 Å². The van der Waals surface area contributed by atoms with Crippen molar-refractivity contribution < 1.29 is 27.9 Å². The van der Waals surface area contributed by atoms with Gasteiger partial charge in [0.05, 0.1) is 22.8 Å². The molecule has 0 aromatic carbocycles. The van der Waals surface area contributed by atoms with E-state index in [2.05, 4.69) is 40.3 Å². The Morgan fingerprint density at radius 1 is 1.03 bits per heavy atom. The maximum Gasteiger partial charge on any atom is 0.490 e. The second-order valence-electron chi connectivity index (χ2n) is 9.81. The first-order valence-electron chi connectivity index (χ1n) is 12.5. The van der Waals surface area contributed by atoms with Gasteiger partial charge in [-0.2, -0.15) is 18.3 Å². The van der Waals surface area contributed by atoms with Crippen LogP contribution >= 0.6 is 0 Å². The van der Waals surface area contributed by atoms with Crippen molar-refractivity contribution in [2.24, 2.45) is 0 Å². The third kappa shape index (κ3) is 5.98. The van der Waals surface area contributed by atoms with Crippen LogP contribution in [0, 0.1) is 0 Å². The Morgan fingerprint density at radius 2 is 1.68 bits per heavy atom. The highest BCUT2D eigenvalue weighted by Gasteiger charge is 2.38. The second kappa shape index (κ2) is 11.0. The summed E-state index contributed by atoms with van der Waals surface area (Å²) < 4.78 is 36.0. The molecular weight excluding hydrogens is 487 g/mol. The maximum absolute atomic E-state index is 13.4. The zero-order valence-electron chi connectivity index (χ0n) is 21.0. The number of halogens is 3. The van der Waals surface area contributed by atoms with Crippen molar-refractivity contribution in [1.82, 2.24) is 24.0 Å². The fourth-order valence-corrected chi connectivity index (χ4v) is 5.12. The van der Waals surface area contributed by atoms with Gasteiger partial charge in [-0.05, 0) is 64.0 Å². The third-order valence-electron chi connectivity index (χ3n) is 7.20. The summed E-state index contributed by atoms with van der Waals surface area (Å²) in [6.07, 6.45) is 6.11. The topological polar surface area (TPSA) is 83.1 Å². The molecule has 11 heteroatoms. The van der Waals surface area contributed by atoms with Gasteiger partial charge in [0.15, 0.2) is 0 Å². The second-order valence-corrected chi connectivity index (χ2v) is 9.81. The highest BCUT2D eigenvalue weighted by atomic mass is 19.4. The molecule has 3 aromatic rings. The number of carboxylic acid groups (broad SMARTS) is 1. The van der Waals surface area contributed by atoms with E-state index in [0.717, 1.165) is 48.4 Å². The van der Waals surface area contributed by atoms with E-state index in [9.17, 15) is 18.0 Å². The molecule has 1 N–H and O–H groups in total. The lowest BCUT2D eigenvalue weighted by atomic mass is 10.0. The van der Waals surface area contributed by atoms with Crippen LogP contribution in [0.1, 0.15) is 54.9 Å². The van der Waals surface area contributed by atoms with Gasteiger partial charge in [0.1, 0.15) is 5.69 Å². The minimum absolute atomic E-state index is 0.136. The molecule has 1 amide bonds. The number of aromatic nitrogens is 3. The summed E-state index contributed by atoms with van der Waals surface area (Å²) in [4.78, 5) is 26.6. The van der Waals surface area contributed by atoms with Crippen molar-refractivity contribution in [3.63, 3.8) is 0 Å². The zero-order chi connectivity index (χ0) is 26.7. The summed E-state index contributed by atoms with van der Waals surface area (Å²) in [5.74, 6) is -2.62. The fourth-order valence-electron chi connectivity index (χ4n) is 5.12. The number of aliphatic carboxylic acids is 1. The van der Waals surface area contributed by atoms with Gasteiger partial charge in [-0.25, -0.2) is 4.79 Å². The standard InChI is InChI=1S/C24H31N5O.C2HF3O2/c1-26(2)18-10-14-27(15-11-18)24(30)20-17-23(28-13-6-5-9-22(20)28)21-12-16-29(25-21)19-7-3-4-8-19;3-2(4,5)1(6)7/h5-6,9,12-13,16-19H,3-4,7-8,10-11,14-15H2,1-2H3;(H,6,7). The summed E-state index contributed by atoms with van der Waals surface area (Å²) in [6.45, 7) is 1.63. The van der Waals surface area contributed by atoms with Gasteiger partial charge in [0, 0.05) is 31.5 Å². The van der Waals surface area contributed by atoms with Crippen LogP contribution in [0.4, 0.5) is 13.2 Å². The van der Waals surface area contributed by atoms with Gasteiger partial charge in [0.25, 0.3) is 5.91 Å². The van der Waals surface area contributed by atoms with Crippen molar-refractivity contribution in [2.45, 2.75) is 56.8 Å². The summed E-state index contributed by atoms with van der Waals surface area (Å²) in [6, 6.07) is 11.3. The molecule has 8 nitrogen and oxygen atoms in total. The van der Waals surface area contributed by atoms with Crippen molar-refractivity contribution >= 4 is 17.4 Å². The molecule has 3 aromatic heterocycles. The number of hydrogen-bond donors (Lipinski definition) is 1. The van der Waals surface area contributed by atoms with E-state index in [1.54, 1.807) is 0 Å². The van der Waals surface area contributed by atoms with Crippen molar-refractivity contribution in [3.8, 4) is 11.4 Å². The number of nitrogens with zero attached hydrogens (tertiary/aromatic N) is 5. The van der Waals surface area contributed by atoms with E-state index >= 15 is 0 Å². The van der Waals surface area contributed by atoms with Gasteiger partial charge in [-0.3, -0.25) is 9.48 Å². The average molecular weight is 520 g/mol. The van der Waals surface area contributed by atoms with E-state index in [-0.39, 0.29) is 5.91 Å². The van der Waals surface area contributed by atoms with Gasteiger partial charge in [-0.15, -0.1) is 0 Å². The minimum atomic E-state index is -5.08. The average Bonchev–Trinajstić information content (AvgIpc) is 3.63. The number of hydrogen-bond acceptors (Lipinski definition) is 4. The number of carboxylic acids is 1. The van der Waals surface area contributed by atoms with Crippen molar-refractivity contribution in [3.05, 3.63) is 48.3 Å². The Kier molecular flexibility index (Phi) is 7.91. The van der Waals surface area contributed by atoms with E-state index in [4.69, 9.17) is 15.0 Å². The minimum Gasteiger partial charge on any atom is -0.475 e. The molecule has 4 heterocycles. The van der Waals surface area contributed by atoms with Crippen LogP contribution in [0.2, 0.25) is 0 Å². The molecule has 0 atom stereocenters. The molecule has 37 heavy (non-hydrogen) atoms. The lowest BCUT2D eigenvalue weighted by molar-refractivity contribution is -0.192. The molecule has 200 valence electrons. The van der Waals surface area contributed by atoms with Gasteiger partial charge in [-0.1, -0.05) is 18.9 Å². The lowest BCUT2D eigenvalue weighted by Gasteiger charge is -2.35. The van der Waals surface area contributed by atoms with Gasteiger partial charge < -0.3 is 19.3 Å². The molecule has 2 aliphatic rings. The normalized spacial score (nSPS) is 17.3. The van der Waals surface area contributed by atoms with Crippen LogP contribution in [-0.2, 0) is 4.79 Å². The van der Waals surface area contributed by atoms with Crippen molar-refractivity contribution in [2.75, 3.05) is 27.2 Å². The quantitative estimate of drug-likeness (QED) is 0.540. The molecular formula is C26H32F3N5O3. The SMILES string of the molecule is CN(C)C1CCN(C(=O)c2cc(-c3ccn(C4CCCC4)n3)n3ccccc23)CC1.O=C(O)C(F)(F)F. The molecule has 0 bridgehead atoms. The van der Waals surface area contributed by atoms with Crippen LogP contribution in [0.25, 0.3) is 16.9 Å². The smallest absolute Gasteiger partial charge is 0.475 e. The molecule has 0 radical (unpaired) electrons. The zero-order valence-corrected chi connectivity index (χ0v) is 21.0. The number of likely N-dealkylation sites (tertiary alicyclic amines) is 1. The first kappa shape index (κ1) is 26.7. The molecule has 1 aliphatic heterocycles. The van der Waals surface area contributed by atoms with Crippen molar-refractivity contribution in [1.29, 1.82) is 0 Å². The number of amides is 1. The monoisotopic (exact) mass is 519 g/mol. The molecule has 5 rings (SSSR count). The largest absolute Gasteiger partial charge is 0.490 e. The van der Waals surface area contributed by atoms with Crippen LogP contribution in [-0.4, -0.2) is 80.4 Å². The van der Waals surface area contributed by atoms with Gasteiger partial charge >= 0.3 is 12.1 Å². The Bertz CT molecular complexity index is 1240. The number of carbonyl (C=O) groups is 2. The molecule has 1 saturated heterocycles. The summed E-state index contributed by atoms with van der Waals surface area (Å²) in [7, 11) is 4.25. The predicted octanol–water partition coefficient (Wildman–Crippen LogP) is 4.72.